The summed E-state index contributed by atoms with van der Waals surface area (Å²) < 4.78 is 5.27. The minimum Gasteiger partial charge on any atom is -0.496 e. The molecule has 0 aromatic heterocycles. The highest BCUT2D eigenvalue weighted by Crippen LogP contribution is 2.34. The predicted molar refractivity (Wildman–Crippen MR) is 81.2 cm³/mol. The monoisotopic (exact) mass is 280 g/mol. The summed E-state index contributed by atoms with van der Waals surface area (Å²) in [6, 6.07) is 17.6. The molecule has 1 heterocycles. The van der Waals surface area contributed by atoms with Crippen LogP contribution in [0.2, 0.25) is 0 Å². The molecular formula is C17H16N2O2. The van der Waals surface area contributed by atoms with E-state index in [0.717, 1.165) is 16.9 Å². The van der Waals surface area contributed by atoms with Gasteiger partial charge in [-0.25, -0.2) is 5.01 Å². The summed E-state index contributed by atoms with van der Waals surface area (Å²) in [5, 5.41) is 5.86. The van der Waals surface area contributed by atoms with Crippen molar-refractivity contribution in [3.63, 3.8) is 0 Å². The fourth-order valence-corrected chi connectivity index (χ4v) is 2.38. The number of rotatable bonds is 4. The molecule has 0 radical (unpaired) electrons. The first-order valence-corrected chi connectivity index (χ1v) is 6.83. The Labute approximate surface area is 123 Å². The smallest absolute Gasteiger partial charge is 0.245 e. The zero-order chi connectivity index (χ0) is 14.7. The molecule has 1 saturated heterocycles. The number of hydrazone groups is 1. The van der Waals surface area contributed by atoms with E-state index in [1.54, 1.807) is 13.3 Å². The molecule has 3 rings (SSSR count). The number of nitrogens with zero attached hydrogens (tertiary/aromatic N) is 2. The molecule has 1 unspecified atom stereocenters. The number of amides is 1. The molecule has 0 aliphatic carbocycles. The van der Waals surface area contributed by atoms with Gasteiger partial charge in [0, 0.05) is 5.56 Å². The molecule has 2 aromatic rings. The molecular weight excluding hydrogens is 264 g/mol. The van der Waals surface area contributed by atoms with Crippen LogP contribution < -0.4 is 4.74 Å². The van der Waals surface area contributed by atoms with E-state index in [1.807, 2.05) is 54.6 Å². The molecule has 1 atom stereocenters. The van der Waals surface area contributed by atoms with E-state index in [2.05, 4.69) is 5.10 Å². The van der Waals surface area contributed by atoms with Crippen LogP contribution in [0.25, 0.3) is 0 Å². The summed E-state index contributed by atoms with van der Waals surface area (Å²) in [5.74, 6) is 0.778. The fraction of sp³-hybridized carbons (Fsp3) is 0.176. The van der Waals surface area contributed by atoms with Gasteiger partial charge < -0.3 is 4.74 Å². The second-order valence-corrected chi connectivity index (χ2v) is 4.86. The summed E-state index contributed by atoms with van der Waals surface area (Å²) in [5.41, 5.74) is 1.96. The number of ether oxygens (including phenoxy) is 1. The van der Waals surface area contributed by atoms with Crippen LogP contribution in [0.3, 0.4) is 0 Å². The molecule has 4 nitrogen and oxygen atoms in total. The van der Waals surface area contributed by atoms with Gasteiger partial charge in [-0.15, -0.1) is 0 Å². The van der Waals surface area contributed by atoms with E-state index in [1.165, 1.54) is 5.01 Å². The van der Waals surface area contributed by atoms with Crippen molar-refractivity contribution in [3.8, 4) is 5.75 Å². The molecule has 4 heteroatoms. The molecule has 0 spiro atoms. The van der Waals surface area contributed by atoms with Crippen molar-refractivity contribution >= 4 is 12.1 Å². The summed E-state index contributed by atoms with van der Waals surface area (Å²) in [4.78, 5) is 11.8. The Morgan fingerprint density at radius 2 is 1.86 bits per heavy atom. The zero-order valence-electron chi connectivity index (χ0n) is 11.8. The van der Waals surface area contributed by atoms with E-state index in [0.29, 0.717) is 6.42 Å². The molecule has 1 aliphatic rings. The number of hydrogen-bond donors (Lipinski definition) is 0. The Morgan fingerprint density at radius 3 is 2.57 bits per heavy atom. The third kappa shape index (κ3) is 2.65. The predicted octanol–water partition coefficient (Wildman–Crippen LogP) is 3.00. The number of benzene rings is 2. The van der Waals surface area contributed by atoms with Gasteiger partial charge in [-0.05, 0) is 17.7 Å². The topological polar surface area (TPSA) is 41.9 Å². The molecule has 0 N–H and O–H groups in total. The van der Waals surface area contributed by atoms with Gasteiger partial charge in [0.2, 0.25) is 5.91 Å². The van der Waals surface area contributed by atoms with Gasteiger partial charge in [0.05, 0.1) is 25.8 Å². The van der Waals surface area contributed by atoms with Gasteiger partial charge in [-0.1, -0.05) is 42.5 Å². The molecule has 0 bridgehead atoms. The lowest BCUT2D eigenvalue weighted by atomic mass is 9.96. The number of carbonyl (C=O) groups excluding carboxylic acids is 1. The average Bonchev–Trinajstić information content (AvgIpc) is 2.54. The van der Waals surface area contributed by atoms with Crippen molar-refractivity contribution in [1.82, 2.24) is 5.01 Å². The molecule has 0 saturated carbocycles. The first-order valence-electron chi connectivity index (χ1n) is 6.83. The Balaban J connectivity index is 1.80. The van der Waals surface area contributed by atoms with Gasteiger partial charge in [-0.2, -0.15) is 5.10 Å². The van der Waals surface area contributed by atoms with Crippen molar-refractivity contribution in [2.24, 2.45) is 5.10 Å². The van der Waals surface area contributed by atoms with Crippen LogP contribution in [-0.4, -0.2) is 24.2 Å². The molecule has 1 fully saturated rings. The standard InChI is InChI=1S/C17H16N2O2/c1-21-16-10-6-5-9-14(16)12-18-19-15(11-17(19)20)13-7-3-2-4-8-13/h2-10,12,15H,11H2,1H3/b18-12+. The maximum absolute atomic E-state index is 11.8. The van der Waals surface area contributed by atoms with E-state index >= 15 is 0 Å². The lowest BCUT2D eigenvalue weighted by Crippen LogP contribution is -2.42. The van der Waals surface area contributed by atoms with Crippen LogP contribution in [0.4, 0.5) is 0 Å². The van der Waals surface area contributed by atoms with Crippen LogP contribution in [0.1, 0.15) is 23.6 Å². The minimum absolute atomic E-state index is 0.0321. The summed E-state index contributed by atoms with van der Waals surface area (Å²) in [6.45, 7) is 0. The van der Waals surface area contributed by atoms with E-state index in [-0.39, 0.29) is 11.9 Å². The quantitative estimate of drug-likeness (QED) is 0.638. The Morgan fingerprint density at radius 1 is 1.14 bits per heavy atom. The highest BCUT2D eigenvalue weighted by molar-refractivity contribution is 5.88. The number of para-hydroxylation sites is 1. The Hall–Kier alpha value is -2.62. The number of carbonyl (C=O) groups is 1. The lowest BCUT2D eigenvalue weighted by molar-refractivity contribution is -0.146. The van der Waals surface area contributed by atoms with Crippen molar-refractivity contribution in [3.05, 3.63) is 65.7 Å². The van der Waals surface area contributed by atoms with E-state index in [9.17, 15) is 4.79 Å². The van der Waals surface area contributed by atoms with Gasteiger partial charge in [0.25, 0.3) is 0 Å². The third-order valence-corrected chi connectivity index (χ3v) is 3.56. The summed E-state index contributed by atoms with van der Waals surface area (Å²) in [6.07, 6.45) is 2.18. The highest BCUT2D eigenvalue weighted by Gasteiger charge is 2.37. The first-order chi connectivity index (χ1) is 10.3. The average molecular weight is 280 g/mol. The van der Waals surface area contributed by atoms with Crippen LogP contribution in [0.5, 0.6) is 5.75 Å². The number of β-lactam (4-membered cyclic amide) rings is 1. The number of methoxy groups -OCH3 is 1. The van der Waals surface area contributed by atoms with Gasteiger partial charge in [-0.3, -0.25) is 4.79 Å². The van der Waals surface area contributed by atoms with Crippen molar-refractivity contribution in [2.75, 3.05) is 7.11 Å². The third-order valence-electron chi connectivity index (χ3n) is 3.56. The SMILES string of the molecule is COc1ccccc1/C=N/N1C(=O)CC1c1ccccc1. The lowest BCUT2D eigenvalue weighted by Gasteiger charge is -2.36. The Kier molecular flexibility index (Phi) is 3.69. The van der Waals surface area contributed by atoms with E-state index in [4.69, 9.17) is 4.74 Å². The van der Waals surface area contributed by atoms with Crippen LogP contribution in [-0.2, 0) is 4.79 Å². The van der Waals surface area contributed by atoms with Gasteiger partial charge in [0.1, 0.15) is 5.75 Å². The maximum atomic E-state index is 11.8. The molecule has 1 amide bonds. The van der Waals surface area contributed by atoms with Crippen LogP contribution in [0, 0.1) is 0 Å². The molecule has 2 aromatic carbocycles. The Bertz CT molecular complexity index is 668. The maximum Gasteiger partial charge on any atom is 0.245 e. The summed E-state index contributed by atoms with van der Waals surface area (Å²) >= 11 is 0. The van der Waals surface area contributed by atoms with Crippen molar-refractivity contribution < 1.29 is 9.53 Å². The van der Waals surface area contributed by atoms with E-state index < -0.39 is 0 Å². The molecule has 106 valence electrons. The van der Waals surface area contributed by atoms with Crippen molar-refractivity contribution in [1.29, 1.82) is 0 Å². The second-order valence-electron chi connectivity index (χ2n) is 4.86. The second kappa shape index (κ2) is 5.79. The van der Waals surface area contributed by atoms with Crippen LogP contribution in [0.15, 0.2) is 59.7 Å². The largest absolute Gasteiger partial charge is 0.496 e. The van der Waals surface area contributed by atoms with Gasteiger partial charge >= 0.3 is 0 Å². The summed E-state index contributed by atoms with van der Waals surface area (Å²) in [7, 11) is 1.62. The van der Waals surface area contributed by atoms with Crippen LogP contribution >= 0.6 is 0 Å². The van der Waals surface area contributed by atoms with Crippen molar-refractivity contribution in [2.45, 2.75) is 12.5 Å². The highest BCUT2D eigenvalue weighted by atomic mass is 16.5. The number of hydrogen-bond acceptors (Lipinski definition) is 3. The zero-order valence-corrected chi connectivity index (χ0v) is 11.8. The first kappa shape index (κ1) is 13.4. The molecule has 21 heavy (non-hydrogen) atoms. The molecule has 1 aliphatic heterocycles. The fourth-order valence-electron chi connectivity index (χ4n) is 2.38. The normalized spacial score (nSPS) is 17.9. The minimum atomic E-state index is 0.0321. The van der Waals surface area contributed by atoms with Gasteiger partial charge in [0.15, 0.2) is 0 Å².